The lowest BCUT2D eigenvalue weighted by Gasteiger charge is -2.28. The number of nitrogens with zero attached hydrogens (tertiary/aromatic N) is 2. The van der Waals surface area contributed by atoms with Gasteiger partial charge in [-0.15, -0.1) is 0 Å². The van der Waals surface area contributed by atoms with Crippen molar-refractivity contribution in [1.29, 1.82) is 0 Å². The lowest BCUT2D eigenvalue weighted by molar-refractivity contribution is 0.423. The fourth-order valence-corrected chi connectivity index (χ4v) is 6.11. The quantitative estimate of drug-likeness (QED) is 0.226. The van der Waals surface area contributed by atoms with Crippen molar-refractivity contribution in [1.82, 2.24) is 4.57 Å². The lowest BCUT2D eigenvalue weighted by atomic mass is 9.97. The third kappa shape index (κ3) is 4.04. The average Bonchev–Trinajstić information content (AvgIpc) is 3.32. The second-order valence-electron chi connectivity index (χ2n) is 11.5. The van der Waals surface area contributed by atoms with Crippen LogP contribution in [0.5, 0.6) is 0 Å². The minimum atomic E-state index is -0.0644. The van der Waals surface area contributed by atoms with Crippen LogP contribution in [0.25, 0.3) is 43.7 Å². The minimum absolute atomic E-state index is 0.0644. The normalized spacial score (nSPS) is 11.9. The highest BCUT2D eigenvalue weighted by Gasteiger charge is 2.22. The highest BCUT2D eigenvalue weighted by molar-refractivity contribution is 6.09. The van der Waals surface area contributed by atoms with Crippen molar-refractivity contribution in [2.75, 3.05) is 4.90 Å². The third-order valence-electron chi connectivity index (χ3n) is 7.81. The molecule has 0 aliphatic rings. The average molecular weight is 517 g/mol. The Hall–Kier alpha value is -4.82. The number of hydrogen-bond donors (Lipinski definition) is 0. The Morgan fingerprint density at radius 3 is 1.90 bits per heavy atom. The van der Waals surface area contributed by atoms with Gasteiger partial charge in [0, 0.05) is 38.9 Å². The molecule has 0 saturated carbocycles. The van der Waals surface area contributed by atoms with Gasteiger partial charge in [0.15, 0.2) is 0 Å². The van der Waals surface area contributed by atoms with E-state index in [2.05, 4.69) is 170 Å². The largest absolute Gasteiger partial charge is 0.335 e. The number of para-hydroxylation sites is 2. The van der Waals surface area contributed by atoms with Gasteiger partial charge in [0.1, 0.15) is 0 Å². The number of hydrogen-bond acceptors (Lipinski definition) is 1. The van der Waals surface area contributed by atoms with Crippen molar-refractivity contribution >= 4 is 49.6 Å². The highest BCUT2D eigenvalue weighted by Crippen LogP contribution is 2.41. The molecular formula is C38H32N2. The van der Waals surface area contributed by atoms with Gasteiger partial charge in [0.25, 0.3) is 0 Å². The summed E-state index contributed by atoms with van der Waals surface area (Å²) in [4.78, 5) is 2.38. The fourth-order valence-electron chi connectivity index (χ4n) is 6.11. The first-order chi connectivity index (χ1) is 19.5. The van der Waals surface area contributed by atoms with E-state index in [1.165, 1.54) is 43.7 Å². The number of fused-ring (bicyclic) bond motifs is 4. The van der Waals surface area contributed by atoms with Gasteiger partial charge in [-0.1, -0.05) is 97.1 Å². The summed E-state index contributed by atoms with van der Waals surface area (Å²) in [5.74, 6) is 0. The second kappa shape index (κ2) is 9.43. The molecule has 40 heavy (non-hydrogen) atoms. The van der Waals surface area contributed by atoms with Crippen LogP contribution >= 0.6 is 0 Å². The van der Waals surface area contributed by atoms with Crippen LogP contribution in [0.3, 0.4) is 0 Å². The number of aromatic nitrogens is 1. The van der Waals surface area contributed by atoms with Crippen LogP contribution < -0.4 is 4.90 Å². The first kappa shape index (κ1) is 24.2. The van der Waals surface area contributed by atoms with Crippen molar-refractivity contribution in [2.24, 2.45) is 0 Å². The standard InChI is InChI=1S/C38H32N2/c1-38(2,3)40-36-20-11-10-18-33(36)34-24-23-31(26-37(34)40)39(29-16-8-5-9-17-29)30-22-21-28-15-12-19-32(35(28)25-30)27-13-6-4-7-14-27/h4-26H,1-3H3. The first-order valence-corrected chi connectivity index (χ1v) is 14.0. The van der Waals surface area contributed by atoms with Gasteiger partial charge in [-0.25, -0.2) is 0 Å². The molecule has 1 aromatic heterocycles. The lowest BCUT2D eigenvalue weighted by Crippen LogP contribution is -2.21. The van der Waals surface area contributed by atoms with Gasteiger partial charge >= 0.3 is 0 Å². The number of rotatable bonds is 4. The predicted octanol–water partition coefficient (Wildman–Crippen LogP) is 10.8. The molecule has 0 atom stereocenters. The second-order valence-corrected chi connectivity index (χ2v) is 11.5. The summed E-state index contributed by atoms with van der Waals surface area (Å²) in [5.41, 5.74) is 8.35. The molecule has 0 amide bonds. The van der Waals surface area contributed by atoms with Gasteiger partial charge < -0.3 is 9.47 Å². The predicted molar refractivity (Wildman–Crippen MR) is 172 cm³/mol. The Bertz CT molecular complexity index is 1980. The molecule has 0 radical (unpaired) electrons. The van der Waals surface area contributed by atoms with Crippen molar-refractivity contribution in [3.05, 3.63) is 140 Å². The van der Waals surface area contributed by atoms with Crippen molar-refractivity contribution < 1.29 is 0 Å². The smallest absolute Gasteiger partial charge is 0.0517 e. The van der Waals surface area contributed by atoms with Gasteiger partial charge in [0.05, 0.1) is 5.52 Å². The molecule has 194 valence electrons. The van der Waals surface area contributed by atoms with Crippen molar-refractivity contribution in [3.8, 4) is 11.1 Å². The molecule has 0 N–H and O–H groups in total. The Morgan fingerprint density at radius 2 is 1.12 bits per heavy atom. The monoisotopic (exact) mass is 516 g/mol. The van der Waals surface area contributed by atoms with Crippen LogP contribution in [0.15, 0.2) is 140 Å². The van der Waals surface area contributed by atoms with E-state index in [1.54, 1.807) is 0 Å². The van der Waals surface area contributed by atoms with Crippen LogP contribution in [-0.4, -0.2) is 4.57 Å². The molecule has 2 heteroatoms. The van der Waals surface area contributed by atoms with Crippen molar-refractivity contribution in [3.63, 3.8) is 0 Å². The Balaban J connectivity index is 1.48. The van der Waals surface area contributed by atoms with E-state index in [0.29, 0.717) is 0 Å². The van der Waals surface area contributed by atoms with Crippen LogP contribution in [0.1, 0.15) is 20.8 Å². The molecule has 0 unspecified atom stereocenters. The summed E-state index contributed by atoms with van der Waals surface area (Å²) in [7, 11) is 0. The van der Waals surface area contributed by atoms with E-state index in [9.17, 15) is 0 Å². The van der Waals surface area contributed by atoms with E-state index in [0.717, 1.165) is 17.1 Å². The molecule has 7 rings (SSSR count). The van der Waals surface area contributed by atoms with Crippen LogP contribution in [0.4, 0.5) is 17.1 Å². The van der Waals surface area contributed by atoms with Gasteiger partial charge in [0.2, 0.25) is 0 Å². The molecule has 7 aromatic rings. The maximum atomic E-state index is 2.48. The maximum Gasteiger partial charge on any atom is 0.0517 e. The summed E-state index contributed by atoms with van der Waals surface area (Å²) in [6.45, 7) is 6.86. The van der Waals surface area contributed by atoms with E-state index in [-0.39, 0.29) is 5.54 Å². The van der Waals surface area contributed by atoms with Crippen LogP contribution in [-0.2, 0) is 5.54 Å². The highest BCUT2D eigenvalue weighted by atomic mass is 15.1. The van der Waals surface area contributed by atoms with Crippen LogP contribution in [0.2, 0.25) is 0 Å². The molecule has 0 aliphatic heterocycles. The molecule has 0 spiro atoms. The van der Waals surface area contributed by atoms with E-state index < -0.39 is 0 Å². The summed E-state index contributed by atoms with van der Waals surface area (Å²) in [5, 5.41) is 5.06. The number of benzene rings is 6. The number of anilines is 3. The molecule has 0 aliphatic carbocycles. The SMILES string of the molecule is CC(C)(C)n1c2ccccc2c2ccc(N(c3ccccc3)c3ccc4cccc(-c5ccccc5)c4c3)cc21. The Labute approximate surface area is 235 Å². The van der Waals surface area contributed by atoms with E-state index in [1.807, 2.05) is 0 Å². The van der Waals surface area contributed by atoms with Crippen LogP contribution in [0, 0.1) is 0 Å². The minimum Gasteiger partial charge on any atom is -0.335 e. The maximum absolute atomic E-state index is 2.48. The Morgan fingerprint density at radius 1 is 0.475 bits per heavy atom. The summed E-state index contributed by atoms with van der Waals surface area (Å²) in [6.07, 6.45) is 0. The molecule has 0 bridgehead atoms. The first-order valence-electron chi connectivity index (χ1n) is 14.0. The Kier molecular flexibility index (Phi) is 5.71. The van der Waals surface area contributed by atoms with E-state index >= 15 is 0 Å². The van der Waals surface area contributed by atoms with Gasteiger partial charge in [-0.2, -0.15) is 0 Å². The van der Waals surface area contributed by atoms with Gasteiger partial charge in [-0.05, 0) is 85.1 Å². The molecule has 6 aromatic carbocycles. The zero-order chi connectivity index (χ0) is 27.3. The fraction of sp³-hybridized carbons (Fsp3) is 0.105. The zero-order valence-corrected chi connectivity index (χ0v) is 23.2. The molecular weight excluding hydrogens is 484 g/mol. The topological polar surface area (TPSA) is 8.17 Å². The van der Waals surface area contributed by atoms with Crippen molar-refractivity contribution in [2.45, 2.75) is 26.3 Å². The van der Waals surface area contributed by atoms with E-state index in [4.69, 9.17) is 0 Å². The van der Waals surface area contributed by atoms with Gasteiger partial charge in [-0.3, -0.25) is 0 Å². The summed E-state index contributed by atoms with van der Waals surface area (Å²) in [6, 6.07) is 50.4. The summed E-state index contributed by atoms with van der Waals surface area (Å²) < 4.78 is 2.48. The molecule has 1 heterocycles. The molecule has 2 nitrogen and oxygen atoms in total. The zero-order valence-electron chi connectivity index (χ0n) is 23.2. The molecule has 0 fully saturated rings. The third-order valence-corrected chi connectivity index (χ3v) is 7.81. The molecule has 0 saturated heterocycles. The summed E-state index contributed by atoms with van der Waals surface area (Å²) >= 11 is 0.